The van der Waals surface area contributed by atoms with Gasteiger partial charge in [-0.05, 0) is 18.3 Å². The number of rotatable bonds is 6. The maximum absolute atomic E-state index is 11.4. The second-order valence-corrected chi connectivity index (χ2v) is 5.39. The molecule has 0 aliphatic heterocycles. The molecule has 0 aromatic heterocycles. The minimum Gasteiger partial charge on any atom is -0.395 e. The number of carbonyl (C=O) groups is 1. The molecule has 0 unspecified atom stereocenters. The van der Waals surface area contributed by atoms with Crippen LogP contribution in [-0.2, 0) is 0 Å². The Balaban J connectivity index is 3.48. The van der Waals surface area contributed by atoms with Crippen molar-refractivity contribution in [3.8, 4) is 0 Å². The topological polar surface area (TPSA) is 52.6 Å². The molecule has 0 aliphatic rings. The number of hydrogen-bond acceptors (Lipinski definition) is 2. The molecule has 0 radical (unpaired) electrons. The maximum Gasteiger partial charge on any atom is 0.317 e. The quantitative estimate of drug-likeness (QED) is 0.684. The number of amides is 2. The summed E-state index contributed by atoms with van der Waals surface area (Å²) >= 11 is 0. The van der Waals surface area contributed by atoms with Gasteiger partial charge < -0.3 is 15.3 Å². The Morgan fingerprint density at radius 2 is 1.94 bits per heavy atom. The van der Waals surface area contributed by atoms with Crippen LogP contribution in [0.5, 0.6) is 0 Å². The minimum absolute atomic E-state index is 0.00788. The van der Waals surface area contributed by atoms with Gasteiger partial charge in [0, 0.05) is 20.1 Å². The first-order chi connectivity index (χ1) is 7.37. The van der Waals surface area contributed by atoms with E-state index in [-0.39, 0.29) is 12.6 Å². The summed E-state index contributed by atoms with van der Waals surface area (Å²) in [6.45, 7) is 7.77. The Kier molecular flexibility index (Phi) is 7.13. The number of urea groups is 1. The molecule has 0 bridgehead atoms. The largest absolute Gasteiger partial charge is 0.395 e. The normalized spacial score (nSPS) is 11.3. The molecule has 4 nitrogen and oxygen atoms in total. The van der Waals surface area contributed by atoms with E-state index in [0.717, 1.165) is 12.8 Å². The zero-order valence-corrected chi connectivity index (χ0v) is 11.0. The first-order valence-corrected chi connectivity index (χ1v) is 5.96. The van der Waals surface area contributed by atoms with E-state index in [1.165, 1.54) is 11.3 Å². The highest BCUT2D eigenvalue weighted by atomic mass is 16.3. The summed E-state index contributed by atoms with van der Waals surface area (Å²) in [6, 6.07) is -0.107. The molecule has 0 fully saturated rings. The van der Waals surface area contributed by atoms with Gasteiger partial charge in [0.15, 0.2) is 0 Å². The number of likely N-dealkylation sites (N-methyl/N-ethyl adjacent to an activating group) is 1. The van der Waals surface area contributed by atoms with Gasteiger partial charge in [0.1, 0.15) is 0 Å². The predicted molar refractivity (Wildman–Crippen MR) is 66.4 cm³/mol. The lowest BCUT2D eigenvalue weighted by Crippen LogP contribution is -2.39. The summed E-state index contributed by atoms with van der Waals surface area (Å²) in [5.41, 5.74) is 0.373. The molecule has 0 saturated heterocycles. The van der Waals surface area contributed by atoms with Crippen LogP contribution < -0.4 is 5.32 Å². The van der Waals surface area contributed by atoms with Crippen LogP contribution in [0.15, 0.2) is 0 Å². The molecule has 0 aliphatic carbocycles. The molecule has 2 N–H and O–H groups in total. The van der Waals surface area contributed by atoms with Gasteiger partial charge in [-0.25, -0.2) is 4.79 Å². The standard InChI is InChI=1S/C12H26N2O2/c1-12(2,3)7-5-6-8-13-11(16)14(4)9-10-15/h15H,5-10H2,1-4H3,(H,13,16). The second-order valence-electron chi connectivity index (χ2n) is 5.39. The molecule has 0 heterocycles. The average Bonchev–Trinajstić information content (AvgIpc) is 2.15. The van der Waals surface area contributed by atoms with Crippen molar-refractivity contribution in [3.05, 3.63) is 0 Å². The summed E-state index contributed by atoms with van der Waals surface area (Å²) in [6.07, 6.45) is 3.32. The van der Waals surface area contributed by atoms with Gasteiger partial charge in [0.05, 0.1) is 6.61 Å². The Hall–Kier alpha value is -0.770. The van der Waals surface area contributed by atoms with Crippen molar-refractivity contribution in [2.45, 2.75) is 40.0 Å². The summed E-state index contributed by atoms with van der Waals surface area (Å²) < 4.78 is 0. The molecular formula is C12H26N2O2. The fraction of sp³-hybridized carbons (Fsp3) is 0.917. The molecule has 16 heavy (non-hydrogen) atoms. The number of carbonyl (C=O) groups excluding carboxylic acids is 1. The van der Waals surface area contributed by atoms with Gasteiger partial charge in [-0.3, -0.25) is 0 Å². The van der Waals surface area contributed by atoms with Crippen LogP contribution in [-0.4, -0.2) is 42.8 Å². The van der Waals surface area contributed by atoms with Gasteiger partial charge in [-0.15, -0.1) is 0 Å². The minimum atomic E-state index is -0.107. The number of nitrogens with one attached hydrogen (secondary N) is 1. The van der Waals surface area contributed by atoms with Crippen LogP contribution >= 0.6 is 0 Å². The summed E-state index contributed by atoms with van der Waals surface area (Å²) in [4.78, 5) is 12.9. The highest BCUT2D eigenvalue weighted by Gasteiger charge is 2.09. The number of unbranched alkanes of at least 4 members (excludes halogenated alkanes) is 1. The SMILES string of the molecule is CN(CCO)C(=O)NCCCCC(C)(C)C. The van der Waals surface area contributed by atoms with E-state index in [2.05, 4.69) is 26.1 Å². The molecule has 96 valence electrons. The highest BCUT2D eigenvalue weighted by molar-refractivity contribution is 5.73. The van der Waals surface area contributed by atoms with E-state index in [1.807, 2.05) is 0 Å². The molecule has 2 amide bonds. The first-order valence-electron chi connectivity index (χ1n) is 5.96. The zero-order chi connectivity index (χ0) is 12.6. The van der Waals surface area contributed by atoms with Crippen LogP contribution in [0, 0.1) is 5.41 Å². The molecule has 0 atom stereocenters. The van der Waals surface area contributed by atoms with Gasteiger partial charge in [-0.2, -0.15) is 0 Å². The monoisotopic (exact) mass is 230 g/mol. The number of aliphatic hydroxyl groups is 1. The molecule has 0 aromatic rings. The third kappa shape index (κ3) is 8.53. The summed E-state index contributed by atoms with van der Waals surface area (Å²) in [7, 11) is 1.68. The average molecular weight is 230 g/mol. The van der Waals surface area contributed by atoms with Crippen LogP contribution in [0.2, 0.25) is 0 Å². The molecule has 0 rings (SSSR count). The van der Waals surface area contributed by atoms with Gasteiger partial charge >= 0.3 is 6.03 Å². The van der Waals surface area contributed by atoms with E-state index in [9.17, 15) is 4.79 Å². The van der Waals surface area contributed by atoms with Crippen LogP contribution in [0.4, 0.5) is 4.79 Å². The zero-order valence-electron chi connectivity index (χ0n) is 11.0. The van der Waals surface area contributed by atoms with Crippen LogP contribution in [0.3, 0.4) is 0 Å². The molecule has 0 aromatic carbocycles. The van der Waals surface area contributed by atoms with E-state index < -0.39 is 0 Å². The third-order valence-electron chi connectivity index (χ3n) is 2.41. The van der Waals surface area contributed by atoms with Crippen LogP contribution in [0.1, 0.15) is 40.0 Å². The van der Waals surface area contributed by atoms with Gasteiger partial charge in [-0.1, -0.05) is 27.2 Å². The Bertz CT molecular complexity index is 200. The van der Waals surface area contributed by atoms with E-state index >= 15 is 0 Å². The van der Waals surface area contributed by atoms with Gasteiger partial charge in [0.25, 0.3) is 0 Å². The molecular weight excluding hydrogens is 204 g/mol. The molecule has 0 saturated carbocycles. The number of nitrogens with zero attached hydrogens (tertiary/aromatic N) is 1. The van der Waals surface area contributed by atoms with Crippen molar-refractivity contribution in [2.24, 2.45) is 5.41 Å². The second kappa shape index (κ2) is 7.49. The number of aliphatic hydroxyl groups excluding tert-OH is 1. The fourth-order valence-corrected chi connectivity index (χ4v) is 1.36. The van der Waals surface area contributed by atoms with E-state index in [4.69, 9.17) is 5.11 Å². The lowest BCUT2D eigenvalue weighted by molar-refractivity contribution is 0.190. The van der Waals surface area contributed by atoms with Gasteiger partial charge in [0.2, 0.25) is 0 Å². The molecule has 4 heteroatoms. The lowest BCUT2D eigenvalue weighted by Gasteiger charge is -2.19. The maximum atomic E-state index is 11.4. The predicted octanol–water partition coefficient (Wildman–Crippen LogP) is 1.84. The van der Waals surface area contributed by atoms with E-state index in [0.29, 0.717) is 18.5 Å². The fourth-order valence-electron chi connectivity index (χ4n) is 1.36. The highest BCUT2D eigenvalue weighted by Crippen LogP contribution is 2.21. The molecule has 0 spiro atoms. The smallest absolute Gasteiger partial charge is 0.317 e. The lowest BCUT2D eigenvalue weighted by atomic mass is 9.90. The van der Waals surface area contributed by atoms with Crippen molar-refractivity contribution >= 4 is 6.03 Å². The van der Waals surface area contributed by atoms with Crippen molar-refractivity contribution in [1.82, 2.24) is 10.2 Å². The summed E-state index contributed by atoms with van der Waals surface area (Å²) in [5, 5.41) is 11.5. The Morgan fingerprint density at radius 3 is 2.44 bits per heavy atom. The van der Waals surface area contributed by atoms with Crippen LogP contribution in [0.25, 0.3) is 0 Å². The van der Waals surface area contributed by atoms with Crippen molar-refractivity contribution < 1.29 is 9.90 Å². The van der Waals surface area contributed by atoms with Crippen molar-refractivity contribution in [2.75, 3.05) is 26.7 Å². The third-order valence-corrected chi connectivity index (χ3v) is 2.41. The Labute approximate surface area is 99.0 Å². The Morgan fingerprint density at radius 1 is 1.31 bits per heavy atom. The summed E-state index contributed by atoms with van der Waals surface area (Å²) in [5.74, 6) is 0. The first kappa shape index (κ1) is 15.2. The van der Waals surface area contributed by atoms with E-state index in [1.54, 1.807) is 7.05 Å². The number of hydrogen-bond donors (Lipinski definition) is 2. The van der Waals surface area contributed by atoms with Crippen molar-refractivity contribution in [3.63, 3.8) is 0 Å². The van der Waals surface area contributed by atoms with Crippen molar-refractivity contribution in [1.29, 1.82) is 0 Å².